The Balaban J connectivity index is 2.74. The minimum Gasteiger partial charge on any atom is -0.467 e. The monoisotopic (exact) mass is 393 g/mol. The standard InChI is InChI=1S/C20H31N3O5/c1-13(2)16(23-19(26)28-20(3,4)5)22-18(25)21-15(17(24)27-6)12-14-10-8-7-9-11-14/h7-11,13,15-16H,12H2,1-6H3,(H,23,26)(H2,21,22,25)/t15-,16-/m0/s1. The Hall–Kier alpha value is -2.77. The summed E-state index contributed by atoms with van der Waals surface area (Å²) in [5, 5.41) is 7.89. The average molecular weight is 393 g/mol. The second-order valence-corrected chi connectivity index (χ2v) is 7.75. The van der Waals surface area contributed by atoms with E-state index in [9.17, 15) is 14.4 Å². The van der Waals surface area contributed by atoms with Gasteiger partial charge in [-0.15, -0.1) is 0 Å². The van der Waals surface area contributed by atoms with Crippen LogP contribution in [-0.4, -0.2) is 43.0 Å². The second kappa shape index (κ2) is 10.5. The summed E-state index contributed by atoms with van der Waals surface area (Å²) in [6, 6.07) is 7.83. The summed E-state index contributed by atoms with van der Waals surface area (Å²) in [6.07, 6.45) is -1.03. The zero-order chi connectivity index (χ0) is 21.3. The molecule has 0 saturated heterocycles. The van der Waals surface area contributed by atoms with Gasteiger partial charge in [-0.05, 0) is 32.3 Å². The fourth-order valence-corrected chi connectivity index (χ4v) is 2.33. The predicted octanol–water partition coefficient (Wildman–Crippen LogP) is 2.58. The first-order chi connectivity index (χ1) is 13.0. The number of amides is 3. The second-order valence-electron chi connectivity index (χ2n) is 7.75. The zero-order valence-electron chi connectivity index (χ0n) is 17.4. The summed E-state index contributed by atoms with van der Waals surface area (Å²) >= 11 is 0. The van der Waals surface area contributed by atoms with E-state index in [1.54, 1.807) is 20.8 Å². The number of carbonyl (C=O) groups excluding carboxylic acids is 3. The number of nitrogens with one attached hydrogen (secondary N) is 3. The van der Waals surface area contributed by atoms with Gasteiger partial charge in [0.15, 0.2) is 0 Å². The Morgan fingerprint density at radius 3 is 2.11 bits per heavy atom. The van der Waals surface area contributed by atoms with Crippen LogP contribution in [0.5, 0.6) is 0 Å². The molecule has 8 nitrogen and oxygen atoms in total. The van der Waals surface area contributed by atoms with Crippen molar-refractivity contribution in [3.8, 4) is 0 Å². The number of carbonyl (C=O) groups is 3. The van der Waals surface area contributed by atoms with Crippen LogP contribution in [0.2, 0.25) is 0 Å². The Morgan fingerprint density at radius 1 is 1.00 bits per heavy atom. The fraction of sp³-hybridized carbons (Fsp3) is 0.550. The molecule has 1 aromatic carbocycles. The predicted molar refractivity (Wildman–Crippen MR) is 106 cm³/mol. The number of urea groups is 1. The lowest BCUT2D eigenvalue weighted by Gasteiger charge is -2.27. The van der Waals surface area contributed by atoms with Crippen LogP contribution < -0.4 is 16.0 Å². The first-order valence-corrected chi connectivity index (χ1v) is 9.20. The van der Waals surface area contributed by atoms with Crippen molar-refractivity contribution in [2.45, 2.75) is 58.8 Å². The molecule has 0 fully saturated rings. The number of benzene rings is 1. The van der Waals surface area contributed by atoms with Crippen LogP contribution in [0, 0.1) is 5.92 Å². The first-order valence-electron chi connectivity index (χ1n) is 9.20. The lowest BCUT2D eigenvalue weighted by Crippen LogP contribution is -2.57. The van der Waals surface area contributed by atoms with Crippen molar-refractivity contribution in [1.29, 1.82) is 0 Å². The van der Waals surface area contributed by atoms with Crippen molar-refractivity contribution in [2.24, 2.45) is 5.92 Å². The molecule has 0 radical (unpaired) electrons. The van der Waals surface area contributed by atoms with Crippen LogP contribution in [0.3, 0.4) is 0 Å². The van der Waals surface area contributed by atoms with Crippen LogP contribution >= 0.6 is 0 Å². The number of rotatable bonds is 7. The van der Waals surface area contributed by atoms with E-state index < -0.39 is 35.9 Å². The quantitative estimate of drug-likeness (QED) is 0.488. The van der Waals surface area contributed by atoms with Gasteiger partial charge in [-0.1, -0.05) is 44.2 Å². The number of ether oxygens (including phenoxy) is 2. The third kappa shape index (κ3) is 8.75. The molecule has 0 aliphatic rings. The summed E-state index contributed by atoms with van der Waals surface area (Å²) in [5.41, 5.74) is 0.227. The first kappa shape index (κ1) is 23.3. The number of hydrogen-bond donors (Lipinski definition) is 3. The Morgan fingerprint density at radius 2 is 1.61 bits per heavy atom. The topological polar surface area (TPSA) is 106 Å². The summed E-state index contributed by atoms with van der Waals surface area (Å²) in [6.45, 7) is 8.93. The van der Waals surface area contributed by atoms with E-state index in [1.807, 2.05) is 44.2 Å². The summed E-state index contributed by atoms with van der Waals surface area (Å²) in [7, 11) is 1.26. The van der Waals surface area contributed by atoms with Crippen LogP contribution in [0.25, 0.3) is 0 Å². The highest BCUT2D eigenvalue weighted by atomic mass is 16.6. The highest BCUT2D eigenvalue weighted by Crippen LogP contribution is 2.08. The highest BCUT2D eigenvalue weighted by molar-refractivity contribution is 5.84. The molecular formula is C20H31N3O5. The summed E-state index contributed by atoms with van der Waals surface area (Å²) in [4.78, 5) is 36.5. The molecule has 0 aliphatic heterocycles. The van der Waals surface area contributed by atoms with Crippen molar-refractivity contribution in [1.82, 2.24) is 16.0 Å². The largest absolute Gasteiger partial charge is 0.467 e. The van der Waals surface area contributed by atoms with E-state index in [0.717, 1.165) is 5.56 Å². The van der Waals surface area contributed by atoms with Gasteiger partial charge in [0.25, 0.3) is 0 Å². The van der Waals surface area contributed by atoms with Gasteiger partial charge in [0.1, 0.15) is 17.8 Å². The van der Waals surface area contributed by atoms with Crippen LogP contribution in [0.4, 0.5) is 9.59 Å². The van der Waals surface area contributed by atoms with Gasteiger partial charge in [-0.3, -0.25) is 0 Å². The molecule has 2 atom stereocenters. The van der Waals surface area contributed by atoms with Crippen molar-refractivity contribution < 1.29 is 23.9 Å². The third-order valence-corrected chi connectivity index (χ3v) is 3.70. The number of hydrogen-bond acceptors (Lipinski definition) is 5. The van der Waals surface area contributed by atoms with E-state index in [0.29, 0.717) is 0 Å². The minimum absolute atomic E-state index is 0.107. The van der Waals surface area contributed by atoms with E-state index >= 15 is 0 Å². The normalized spacial score (nSPS) is 13.2. The maximum Gasteiger partial charge on any atom is 0.409 e. The van der Waals surface area contributed by atoms with Crippen LogP contribution in [0.1, 0.15) is 40.2 Å². The molecule has 28 heavy (non-hydrogen) atoms. The molecule has 3 N–H and O–H groups in total. The maximum absolute atomic E-state index is 12.4. The molecule has 8 heteroatoms. The Kier molecular flexibility index (Phi) is 8.76. The van der Waals surface area contributed by atoms with Crippen molar-refractivity contribution in [3.05, 3.63) is 35.9 Å². The van der Waals surface area contributed by atoms with Gasteiger partial charge in [-0.2, -0.15) is 0 Å². The highest BCUT2D eigenvalue weighted by Gasteiger charge is 2.26. The van der Waals surface area contributed by atoms with Gasteiger partial charge < -0.3 is 25.4 Å². The SMILES string of the molecule is COC(=O)[C@H](Cc1ccccc1)NC(=O)N[C@@H](NC(=O)OC(C)(C)C)C(C)C. The van der Waals surface area contributed by atoms with Crippen LogP contribution in [0.15, 0.2) is 30.3 Å². The molecule has 0 heterocycles. The van der Waals surface area contributed by atoms with E-state index in [-0.39, 0.29) is 12.3 Å². The lowest BCUT2D eigenvalue weighted by molar-refractivity contribution is -0.142. The summed E-state index contributed by atoms with van der Waals surface area (Å²) in [5.74, 6) is -0.663. The third-order valence-electron chi connectivity index (χ3n) is 3.70. The number of esters is 1. The molecule has 1 aromatic rings. The van der Waals surface area contributed by atoms with Gasteiger partial charge in [0, 0.05) is 6.42 Å². The van der Waals surface area contributed by atoms with E-state index in [1.165, 1.54) is 7.11 Å². The maximum atomic E-state index is 12.4. The van der Waals surface area contributed by atoms with Crippen LogP contribution in [-0.2, 0) is 20.7 Å². The molecule has 0 saturated carbocycles. The molecule has 3 amide bonds. The Bertz CT molecular complexity index is 656. The van der Waals surface area contributed by atoms with Crippen molar-refractivity contribution >= 4 is 18.1 Å². The molecule has 0 spiro atoms. The molecule has 156 valence electrons. The van der Waals surface area contributed by atoms with Gasteiger partial charge >= 0.3 is 18.1 Å². The average Bonchev–Trinajstić information content (AvgIpc) is 2.59. The van der Waals surface area contributed by atoms with E-state index in [4.69, 9.17) is 9.47 Å². The fourth-order valence-electron chi connectivity index (χ4n) is 2.33. The minimum atomic E-state index is -0.860. The molecule has 0 unspecified atom stereocenters. The van der Waals surface area contributed by atoms with Crippen molar-refractivity contribution in [3.63, 3.8) is 0 Å². The van der Waals surface area contributed by atoms with Crippen molar-refractivity contribution in [2.75, 3.05) is 7.11 Å². The summed E-state index contributed by atoms with van der Waals surface area (Å²) < 4.78 is 10.0. The molecule has 0 bridgehead atoms. The molecule has 1 rings (SSSR count). The van der Waals surface area contributed by atoms with E-state index in [2.05, 4.69) is 16.0 Å². The van der Waals surface area contributed by atoms with Gasteiger partial charge in [-0.25, -0.2) is 14.4 Å². The number of alkyl carbamates (subject to hydrolysis) is 1. The van der Waals surface area contributed by atoms with Gasteiger partial charge in [0.2, 0.25) is 0 Å². The number of methoxy groups -OCH3 is 1. The lowest BCUT2D eigenvalue weighted by atomic mass is 10.1. The zero-order valence-corrected chi connectivity index (χ0v) is 17.4. The smallest absolute Gasteiger partial charge is 0.409 e. The molecule has 0 aromatic heterocycles. The molecule has 0 aliphatic carbocycles. The van der Waals surface area contributed by atoms with Gasteiger partial charge in [0.05, 0.1) is 7.11 Å². The Labute approximate surface area is 166 Å². The molecular weight excluding hydrogens is 362 g/mol.